The van der Waals surface area contributed by atoms with E-state index >= 15 is 0 Å². The lowest BCUT2D eigenvalue weighted by molar-refractivity contribution is 0.315. The monoisotopic (exact) mass is 323 g/mol. The highest BCUT2D eigenvalue weighted by Crippen LogP contribution is 2.14. The summed E-state index contributed by atoms with van der Waals surface area (Å²) in [6.07, 6.45) is 2.03. The zero-order chi connectivity index (χ0) is 13.8. The van der Waals surface area contributed by atoms with Gasteiger partial charge in [0.05, 0.1) is 17.5 Å². The minimum atomic E-state index is -0.211. The summed E-state index contributed by atoms with van der Waals surface area (Å²) in [6.45, 7) is 4.32. The van der Waals surface area contributed by atoms with E-state index < -0.39 is 0 Å². The van der Waals surface area contributed by atoms with Gasteiger partial charge in [-0.05, 0) is 25.1 Å². The van der Waals surface area contributed by atoms with Crippen molar-refractivity contribution >= 4 is 32.7 Å². The Morgan fingerprint density at radius 2 is 2.26 bits per heavy atom. The molecule has 0 unspecified atom stereocenters. The maximum absolute atomic E-state index is 12.3. The number of aromatic nitrogens is 2. The largest absolute Gasteiger partial charge is 0.480 e. The summed E-state index contributed by atoms with van der Waals surface area (Å²) in [5.41, 5.74) is 0.436. The van der Waals surface area contributed by atoms with Crippen LogP contribution < -0.4 is 5.56 Å². The van der Waals surface area contributed by atoms with Crippen molar-refractivity contribution in [1.29, 1.82) is 0 Å². The molecule has 0 N–H and O–H groups in total. The zero-order valence-corrected chi connectivity index (χ0v) is 12.3. The third-order valence-electron chi connectivity index (χ3n) is 2.54. The molecule has 0 atom stereocenters. The van der Waals surface area contributed by atoms with Crippen molar-refractivity contribution in [3.05, 3.63) is 39.4 Å². The Balaban J connectivity index is 2.56. The average molecular weight is 324 g/mol. The number of benzene rings is 1. The van der Waals surface area contributed by atoms with Crippen LogP contribution in [-0.2, 0) is 4.74 Å². The zero-order valence-electron chi connectivity index (χ0n) is 10.8. The van der Waals surface area contributed by atoms with Gasteiger partial charge in [0.25, 0.3) is 5.56 Å². The number of fused-ring (bicyclic) bond motifs is 1. The highest BCUT2D eigenvalue weighted by Gasteiger charge is 2.05. The Labute approximate surface area is 119 Å². The lowest BCUT2D eigenvalue weighted by Crippen LogP contribution is -2.19. The molecule has 0 amide bonds. The Morgan fingerprint density at radius 1 is 1.47 bits per heavy atom. The summed E-state index contributed by atoms with van der Waals surface area (Å²) < 4.78 is 7.39. The molecule has 1 heterocycles. The van der Waals surface area contributed by atoms with E-state index in [-0.39, 0.29) is 5.56 Å². The molecule has 0 spiro atoms. The van der Waals surface area contributed by atoms with Crippen molar-refractivity contribution < 1.29 is 4.74 Å². The second kappa shape index (κ2) is 5.97. The van der Waals surface area contributed by atoms with Crippen molar-refractivity contribution in [2.75, 3.05) is 6.61 Å². The fourth-order valence-electron chi connectivity index (χ4n) is 1.64. The Hall–Kier alpha value is -1.69. The van der Waals surface area contributed by atoms with Gasteiger partial charge in [-0.2, -0.15) is 4.68 Å². The van der Waals surface area contributed by atoms with Crippen LogP contribution in [0.2, 0.25) is 0 Å². The van der Waals surface area contributed by atoms with Crippen LogP contribution in [0.25, 0.3) is 10.9 Å². The van der Waals surface area contributed by atoms with Crippen molar-refractivity contribution in [2.45, 2.75) is 20.3 Å². The van der Waals surface area contributed by atoms with Gasteiger partial charge in [0.15, 0.2) is 0 Å². The third-order valence-corrected chi connectivity index (χ3v) is 3.03. The molecule has 0 fully saturated rings. The van der Waals surface area contributed by atoms with Gasteiger partial charge < -0.3 is 4.74 Å². The van der Waals surface area contributed by atoms with Crippen LogP contribution in [0.4, 0.5) is 0 Å². The topological polar surface area (TPSA) is 56.5 Å². The molecule has 0 aliphatic carbocycles. The molecule has 5 nitrogen and oxygen atoms in total. The van der Waals surface area contributed by atoms with E-state index in [4.69, 9.17) is 4.74 Å². The minimum absolute atomic E-state index is 0.211. The molecule has 6 heteroatoms. The lowest BCUT2D eigenvalue weighted by atomic mass is 10.2. The highest BCUT2D eigenvalue weighted by molar-refractivity contribution is 9.10. The second-order valence-electron chi connectivity index (χ2n) is 3.84. The fraction of sp³-hybridized carbons (Fsp3) is 0.308. The standard InChI is InChI=1S/C13H14BrN3O2/c1-3-12(19-4-2)16-17-8-15-11-6-5-9(14)7-10(11)13(17)18/h5-8H,3-4H2,1-2H3/b16-12+. The molecule has 100 valence electrons. The SMILES string of the molecule is CCO/C(CC)=N/n1cnc2ccc(Br)cc2c1=O. The van der Waals surface area contributed by atoms with Gasteiger partial charge in [0.1, 0.15) is 6.33 Å². The van der Waals surface area contributed by atoms with E-state index in [2.05, 4.69) is 26.0 Å². The second-order valence-corrected chi connectivity index (χ2v) is 4.75. The Kier molecular flexibility index (Phi) is 4.31. The average Bonchev–Trinajstić information content (AvgIpc) is 2.41. The van der Waals surface area contributed by atoms with Gasteiger partial charge in [-0.3, -0.25) is 4.79 Å². The first kappa shape index (κ1) is 13.7. The molecule has 1 aromatic heterocycles. The van der Waals surface area contributed by atoms with Crippen LogP contribution in [0, 0.1) is 0 Å². The smallest absolute Gasteiger partial charge is 0.281 e. The van der Waals surface area contributed by atoms with Crippen molar-refractivity contribution in [1.82, 2.24) is 9.66 Å². The number of rotatable bonds is 3. The predicted octanol–water partition coefficient (Wildman–Crippen LogP) is 2.77. The molecule has 0 saturated carbocycles. The molecule has 1 aromatic carbocycles. The van der Waals surface area contributed by atoms with E-state index in [0.29, 0.717) is 29.8 Å². The molecule has 0 aliphatic heterocycles. The molecular weight excluding hydrogens is 310 g/mol. The summed E-state index contributed by atoms with van der Waals surface area (Å²) >= 11 is 3.34. The van der Waals surface area contributed by atoms with Gasteiger partial charge >= 0.3 is 0 Å². The minimum Gasteiger partial charge on any atom is -0.480 e. The number of hydrogen-bond acceptors (Lipinski definition) is 4. The van der Waals surface area contributed by atoms with Crippen molar-refractivity contribution in [2.24, 2.45) is 5.10 Å². The van der Waals surface area contributed by atoms with Gasteiger partial charge in [-0.15, -0.1) is 5.10 Å². The number of halogens is 1. The van der Waals surface area contributed by atoms with E-state index in [0.717, 1.165) is 4.47 Å². The van der Waals surface area contributed by atoms with Crippen LogP contribution in [0.1, 0.15) is 20.3 Å². The fourth-order valence-corrected chi connectivity index (χ4v) is 2.01. The summed E-state index contributed by atoms with van der Waals surface area (Å²) in [5, 5.41) is 4.69. The van der Waals surface area contributed by atoms with E-state index in [1.165, 1.54) is 11.0 Å². The summed E-state index contributed by atoms with van der Waals surface area (Å²) in [6, 6.07) is 5.38. The van der Waals surface area contributed by atoms with Gasteiger partial charge in [-0.25, -0.2) is 4.98 Å². The highest BCUT2D eigenvalue weighted by atomic mass is 79.9. The molecule has 0 radical (unpaired) electrons. The number of hydrogen-bond donors (Lipinski definition) is 0. The first-order chi connectivity index (χ1) is 9.15. The maximum Gasteiger partial charge on any atom is 0.281 e. The summed E-state index contributed by atoms with van der Waals surface area (Å²) in [7, 11) is 0. The van der Waals surface area contributed by atoms with Gasteiger partial charge in [-0.1, -0.05) is 22.9 Å². The number of ether oxygens (including phenoxy) is 1. The Morgan fingerprint density at radius 3 is 2.95 bits per heavy atom. The maximum atomic E-state index is 12.3. The van der Waals surface area contributed by atoms with Crippen LogP contribution >= 0.6 is 15.9 Å². The Bertz CT molecular complexity index is 679. The molecule has 2 rings (SSSR count). The third kappa shape index (κ3) is 3.01. The quantitative estimate of drug-likeness (QED) is 0.644. The van der Waals surface area contributed by atoms with Crippen LogP contribution in [0.3, 0.4) is 0 Å². The first-order valence-electron chi connectivity index (χ1n) is 6.03. The van der Waals surface area contributed by atoms with E-state index in [9.17, 15) is 4.79 Å². The first-order valence-corrected chi connectivity index (χ1v) is 6.82. The van der Waals surface area contributed by atoms with Gasteiger partial charge in [0, 0.05) is 10.9 Å². The molecule has 19 heavy (non-hydrogen) atoms. The molecular formula is C13H14BrN3O2. The van der Waals surface area contributed by atoms with Crippen molar-refractivity contribution in [3.8, 4) is 0 Å². The lowest BCUT2D eigenvalue weighted by Gasteiger charge is -2.06. The van der Waals surface area contributed by atoms with E-state index in [1.807, 2.05) is 19.9 Å². The molecule has 0 aliphatic rings. The van der Waals surface area contributed by atoms with Crippen LogP contribution in [-0.4, -0.2) is 22.2 Å². The van der Waals surface area contributed by atoms with Gasteiger partial charge in [0.2, 0.25) is 5.90 Å². The predicted molar refractivity (Wildman–Crippen MR) is 78.5 cm³/mol. The van der Waals surface area contributed by atoms with E-state index in [1.54, 1.807) is 12.1 Å². The normalized spacial score (nSPS) is 11.8. The molecule has 0 saturated heterocycles. The summed E-state index contributed by atoms with van der Waals surface area (Å²) in [4.78, 5) is 16.5. The molecule has 2 aromatic rings. The number of nitrogens with zero attached hydrogens (tertiary/aromatic N) is 3. The molecule has 0 bridgehead atoms. The van der Waals surface area contributed by atoms with Crippen molar-refractivity contribution in [3.63, 3.8) is 0 Å². The van der Waals surface area contributed by atoms with Crippen LogP contribution in [0.15, 0.2) is 38.9 Å². The van der Waals surface area contributed by atoms with Crippen LogP contribution in [0.5, 0.6) is 0 Å². The summed E-state index contributed by atoms with van der Waals surface area (Å²) in [5.74, 6) is 0.515.